The molecule has 1 aliphatic heterocycles. The molecule has 1 amide bonds. The summed E-state index contributed by atoms with van der Waals surface area (Å²) < 4.78 is 0. The second-order valence-corrected chi connectivity index (χ2v) is 5.36. The maximum atomic E-state index is 11.6. The molecule has 0 bridgehead atoms. The minimum Gasteiger partial charge on any atom is -0.286 e. The molecular weight excluding hydrogens is 230 g/mol. The van der Waals surface area contributed by atoms with Gasteiger partial charge in [0.05, 0.1) is 0 Å². The fourth-order valence-electron chi connectivity index (χ4n) is 1.54. The van der Waals surface area contributed by atoms with Gasteiger partial charge in [0, 0.05) is 24.6 Å². The Morgan fingerprint density at radius 2 is 2.40 bits per heavy atom. The highest BCUT2D eigenvalue weighted by Gasteiger charge is 2.30. The number of anilines is 1. The van der Waals surface area contributed by atoms with Crippen LogP contribution in [0.5, 0.6) is 0 Å². The molecule has 1 unspecified atom stereocenters. The Labute approximate surface area is 98.1 Å². The van der Waals surface area contributed by atoms with Crippen molar-refractivity contribution in [1.82, 2.24) is 10.2 Å². The quantitative estimate of drug-likeness (QED) is 0.819. The van der Waals surface area contributed by atoms with Crippen LogP contribution in [0.25, 0.3) is 0 Å². The molecule has 1 aromatic heterocycles. The number of hydrogen-bond donors (Lipinski definition) is 1. The summed E-state index contributed by atoms with van der Waals surface area (Å²) in [6, 6.07) is 0. The van der Waals surface area contributed by atoms with Crippen LogP contribution in [-0.2, 0) is 11.2 Å². The molecule has 82 valence electrons. The first-order valence-electron chi connectivity index (χ1n) is 5.01. The molecule has 0 spiro atoms. The van der Waals surface area contributed by atoms with Crippen molar-refractivity contribution < 1.29 is 4.79 Å². The zero-order valence-corrected chi connectivity index (χ0v) is 10.2. The van der Waals surface area contributed by atoms with Crippen molar-refractivity contribution in [2.24, 2.45) is 0 Å². The van der Waals surface area contributed by atoms with Gasteiger partial charge in [0.15, 0.2) is 0 Å². The van der Waals surface area contributed by atoms with Crippen LogP contribution in [0, 0.1) is 0 Å². The van der Waals surface area contributed by atoms with Crippen molar-refractivity contribution in [1.29, 1.82) is 0 Å². The third kappa shape index (κ3) is 2.31. The molecule has 0 aliphatic carbocycles. The van der Waals surface area contributed by atoms with Crippen molar-refractivity contribution in [2.75, 3.05) is 11.4 Å². The highest BCUT2D eigenvalue weighted by atomic mass is 32.1. The number of thiol groups is 1. The van der Waals surface area contributed by atoms with Crippen molar-refractivity contribution in [3.8, 4) is 0 Å². The van der Waals surface area contributed by atoms with Gasteiger partial charge in [0.2, 0.25) is 11.0 Å². The van der Waals surface area contributed by atoms with Gasteiger partial charge >= 0.3 is 0 Å². The van der Waals surface area contributed by atoms with Crippen LogP contribution in [0.1, 0.15) is 24.8 Å². The lowest BCUT2D eigenvalue weighted by Crippen LogP contribution is -2.24. The molecule has 0 radical (unpaired) electrons. The van der Waals surface area contributed by atoms with Crippen LogP contribution >= 0.6 is 24.0 Å². The Morgan fingerprint density at radius 3 is 3.00 bits per heavy atom. The largest absolute Gasteiger partial charge is 0.286 e. The smallest absolute Gasteiger partial charge is 0.230 e. The third-order valence-corrected chi connectivity index (χ3v) is 3.61. The summed E-state index contributed by atoms with van der Waals surface area (Å²) in [5.74, 6) is 0.106. The monoisotopic (exact) mass is 243 g/mol. The highest BCUT2D eigenvalue weighted by molar-refractivity contribution is 7.81. The van der Waals surface area contributed by atoms with Crippen molar-refractivity contribution in [3.05, 3.63) is 5.01 Å². The fourth-order valence-corrected chi connectivity index (χ4v) is 2.83. The van der Waals surface area contributed by atoms with E-state index in [2.05, 4.69) is 29.7 Å². The Hall–Kier alpha value is -0.620. The highest BCUT2D eigenvalue weighted by Crippen LogP contribution is 2.27. The van der Waals surface area contributed by atoms with E-state index >= 15 is 0 Å². The zero-order chi connectivity index (χ0) is 10.8. The van der Waals surface area contributed by atoms with Crippen LogP contribution in [0.2, 0.25) is 0 Å². The summed E-state index contributed by atoms with van der Waals surface area (Å²) in [4.78, 5) is 13.3. The molecular formula is C9H13N3OS2. The molecule has 1 aliphatic rings. The third-order valence-electron chi connectivity index (χ3n) is 2.26. The number of aromatic nitrogens is 2. The Bertz CT molecular complexity index is 366. The maximum absolute atomic E-state index is 11.6. The summed E-state index contributed by atoms with van der Waals surface area (Å²) in [6.07, 6.45) is 2.49. The predicted molar refractivity (Wildman–Crippen MR) is 63.6 cm³/mol. The van der Waals surface area contributed by atoms with Gasteiger partial charge in [-0.2, -0.15) is 12.6 Å². The summed E-state index contributed by atoms with van der Waals surface area (Å²) in [7, 11) is 0. The first kappa shape index (κ1) is 10.9. The molecule has 1 fully saturated rings. The van der Waals surface area contributed by atoms with Crippen molar-refractivity contribution >= 4 is 35.0 Å². The topological polar surface area (TPSA) is 46.1 Å². The zero-order valence-electron chi connectivity index (χ0n) is 8.51. The molecule has 6 heteroatoms. The van der Waals surface area contributed by atoms with Gasteiger partial charge in [-0.05, 0) is 6.42 Å². The first-order valence-corrected chi connectivity index (χ1v) is 6.34. The number of rotatable bonds is 3. The summed E-state index contributed by atoms with van der Waals surface area (Å²) in [6.45, 7) is 2.76. The van der Waals surface area contributed by atoms with Crippen molar-refractivity contribution in [3.63, 3.8) is 0 Å². The van der Waals surface area contributed by atoms with E-state index in [9.17, 15) is 4.79 Å². The molecule has 2 rings (SSSR count). The molecule has 1 atom stereocenters. The molecule has 1 aromatic rings. The molecule has 15 heavy (non-hydrogen) atoms. The van der Waals surface area contributed by atoms with Crippen molar-refractivity contribution in [2.45, 2.75) is 31.4 Å². The van der Waals surface area contributed by atoms with E-state index in [1.165, 1.54) is 11.3 Å². The van der Waals surface area contributed by atoms with Gasteiger partial charge < -0.3 is 0 Å². The summed E-state index contributed by atoms with van der Waals surface area (Å²) in [5, 5.41) is 9.96. The minimum atomic E-state index is 0.106. The summed E-state index contributed by atoms with van der Waals surface area (Å²) >= 11 is 5.81. The Kier molecular flexibility index (Phi) is 3.25. The number of carbonyl (C=O) groups excluding carboxylic acids is 1. The van der Waals surface area contributed by atoms with E-state index in [1.54, 1.807) is 4.90 Å². The second-order valence-electron chi connectivity index (χ2n) is 3.59. The van der Waals surface area contributed by atoms with Gasteiger partial charge in [0.1, 0.15) is 5.01 Å². The van der Waals surface area contributed by atoms with Gasteiger partial charge in [0.25, 0.3) is 0 Å². The average molecular weight is 243 g/mol. The van der Waals surface area contributed by atoms with Gasteiger partial charge in [-0.25, -0.2) is 0 Å². The molecule has 2 heterocycles. The normalized spacial score (nSPS) is 21.3. The van der Waals surface area contributed by atoms with E-state index < -0.39 is 0 Å². The van der Waals surface area contributed by atoms with E-state index in [0.29, 0.717) is 13.0 Å². The molecule has 0 saturated carbocycles. The SMILES string of the molecule is CCCc1nnc(N2CC(S)CC2=O)s1. The lowest BCUT2D eigenvalue weighted by molar-refractivity contribution is -0.117. The number of hydrogen-bond acceptors (Lipinski definition) is 5. The minimum absolute atomic E-state index is 0.106. The lowest BCUT2D eigenvalue weighted by atomic mass is 10.4. The lowest BCUT2D eigenvalue weighted by Gasteiger charge is -2.09. The van der Waals surface area contributed by atoms with Gasteiger partial charge in [-0.3, -0.25) is 9.69 Å². The van der Waals surface area contributed by atoms with Crippen LogP contribution in [0.3, 0.4) is 0 Å². The van der Waals surface area contributed by atoms with Gasteiger partial charge in [-0.1, -0.05) is 18.3 Å². The van der Waals surface area contributed by atoms with E-state index in [0.717, 1.165) is 23.0 Å². The molecule has 1 saturated heterocycles. The molecule has 0 aromatic carbocycles. The number of nitrogens with zero attached hydrogens (tertiary/aromatic N) is 3. The summed E-state index contributed by atoms with van der Waals surface area (Å²) in [5.41, 5.74) is 0. The van der Waals surface area contributed by atoms with E-state index in [4.69, 9.17) is 0 Å². The molecule has 4 nitrogen and oxygen atoms in total. The number of amides is 1. The molecule has 0 N–H and O–H groups in total. The van der Waals surface area contributed by atoms with E-state index in [1.807, 2.05) is 0 Å². The van der Waals surface area contributed by atoms with Crippen LogP contribution in [0.4, 0.5) is 5.13 Å². The Balaban J connectivity index is 2.12. The van der Waals surface area contributed by atoms with Crippen LogP contribution < -0.4 is 4.90 Å². The fraction of sp³-hybridized carbons (Fsp3) is 0.667. The number of carbonyl (C=O) groups is 1. The predicted octanol–water partition coefficient (Wildman–Crippen LogP) is 1.53. The standard InChI is InChI=1S/C9H13N3OS2/c1-2-3-7-10-11-9(15-7)12-5-6(14)4-8(12)13/h6,14H,2-5H2,1H3. The number of aryl methyl sites for hydroxylation is 1. The maximum Gasteiger partial charge on any atom is 0.230 e. The van der Waals surface area contributed by atoms with E-state index in [-0.39, 0.29) is 11.2 Å². The van der Waals surface area contributed by atoms with Crippen LogP contribution in [0.15, 0.2) is 0 Å². The van der Waals surface area contributed by atoms with Gasteiger partial charge in [-0.15, -0.1) is 10.2 Å². The second kappa shape index (κ2) is 4.49. The Morgan fingerprint density at radius 1 is 1.60 bits per heavy atom. The average Bonchev–Trinajstić information content (AvgIpc) is 2.73. The first-order chi connectivity index (χ1) is 7.20. The van der Waals surface area contributed by atoms with Crippen LogP contribution in [-0.4, -0.2) is 27.9 Å².